The zero-order chi connectivity index (χ0) is 17.3. The molecule has 1 saturated heterocycles. The topological polar surface area (TPSA) is 84.5 Å². The molecule has 1 aromatic carbocycles. The molecule has 0 aliphatic carbocycles. The predicted octanol–water partition coefficient (Wildman–Crippen LogP) is 1.32. The second kappa shape index (κ2) is 6.36. The van der Waals surface area contributed by atoms with Gasteiger partial charge in [0.1, 0.15) is 0 Å². The Hall–Kier alpha value is -2.81. The van der Waals surface area contributed by atoms with Gasteiger partial charge in [0.15, 0.2) is 0 Å². The lowest BCUT2D eigenvalue weighted by molar-refractivity contribution is -0.387. The molecule has 126 valence electrons. The van der Waals surface area contributed by atoms with Gasteiger partial charge in [0.25, 0.3) is 0 Å². The maximum absolute atomic E-state index is 13.7. The molecule has 1 aliphatic heterocycles. The van der Waals surface area contributed by atoms with Crippen LogP contribution >= 0.6 is 0 Å². The van der Waals surface area contributed by atoms with E-state index in [1.807, 2.05) is 4.90 Å². The number of halogens is 1. The highest BCUT2D eigenvalue weighted by Crippen LogP contribution is 2.21. The van der Waals surface area contributed by atoms with E-state index in [2.05, 4.69) is 5.10 Å². The molecule has 0 unspecified atom stereocenters. The van der Waals surface area contributed by atoms with E-state index >= 15 is 0 Å². The number of benzene rings is 1. The maximum atomic E-state index is 13.7. The molecule has 0 N–H and O–H groups in total. The largest absolute Gasteiger partial charge is 0.307 e. The molecular formula is C15H16FN5O3. The summed E-state index contributed by atoms with van der Waals surface area (Å²) in [6.45, 7) is 1.70. The van der Waals surface area contributed by atoms with Crippen LogP contribution in [0.4, 0.5) is 15.8 Å². The summed E-state index contributed by atoms with van der Waals surface area (Å²) in [5.74, 6) is -0.922. The van der Waals surface area contributed by atoms with Crippen LogP contribution in [0.5, 0.6) is 0 Å². The number of hydrogen-bond donors (Lipinski definition) is 0. The van der Waals surface area contributed by atoms with Crippen LogP contribution in [0.1, 0.15) is 5.56 Å². The Bertz CT molecular complexity index is 791. The fourth-order valence-electron chi connectivity index (χ4n) is 2.73. The van der Waals surface area contributed by atoms with Crippen molar-refractivity contribution in [3.05, 3.63) is 52.1 Å². The first-order valence-electron chi connectivity index (χ1n) is 7.38. The Morgan fingerprint density at radius 1 is 1.38 bits per heavy atom. The number of hydrogen-bond acceptors (Lipinski definition) is 5. The molecule has 3 rings (SSSR count). The summed E-state index contributed by atoms with van der Waals surface area (Å²) in [5.41, 5.74) is 0.806. The second-order valence-corrected chi connectivity index (χ2v) is 5.67. The van der Waals surface area contributed by atoms with Crippen molar-refractivity contribution in [3.63, 3.8) is 0 Å². The van der Waals surface area contributed by atoms with Crippen LogP contribution < -0.4 is 4.90 Å². The highest BCUT2D eigenvalue weighted by Gasteiger charge is 2.26. The van der Waals surface area contributed by atoms with Crippen LogP contribution in [0.25, 0.3) is 0 Å². The van der Waals surface area contributed by atoms with Crippen LogP contribution in [-0.2, 0) is 18.4 Å². The number of carbonyl (C=O) groups excluding carboxylic acids is 1. The van der Waals surface area contributed by atoms with Gasteiger partial charge in [-0.05, 0) is 11.6 Å². The molecule has 1 aliphatic rings. The van der Waals surface area contributed by atoms with Crippen molar-refractivity contribution >= 4 is 17.3 Å². The molecule has 2 heterocycles. The lowest BCUT2D eigenvalue weighted by atomic mass is 10.1. The minimum Gasteiger partial charge on any atom is -0.307 e. The maximum Gasteiger partial charge on any atom is 0.304 e. The highest BCUT2D eigenvalue weighted by molar-refractivity contribution is 5.95. The van der Waals surface area contributed by atoms with E-state index in [4.69, 9.17) is 0 Å². The molecule has 1 fully saturated rings. The smallest absolute Gasteiger partial charge is 0.304 e. The van der Waals surface area contributed by atoms with Gasteiger partial charge in [-0.3, -0.25) is 24.5 Å². The summed E-state index contributed by atoms with van der Waals surface area (Å²) in [5, 5.41) is 14.7. The third kappa shape index (κ3) is 3.25. The molecule has 8 nitrogen and oxygen atoms in total. The fraction of sp³-hybridized carbons (Fsp3) is 0.333. The Labute approximate surface area is 137 Å². The molecule has 9 heteroatoms. The molecule has 0 atom stereocenters. The van der Waals surface area contributed by atoms with Gasteiger partial charge in [-0.15, -0.1) is 0 Å². The first kappa shape index (κ1) is 16.1. The third-order valence-corrected chi connectivity index (χ3v) is 3.92. The van der Waals surface area contributed by atoms with Crippen LogP contribution in [0, 0.1) is 15.9 Å². The summed E-state index contributed by atoms with van der Waals surface area (Å²) in [4.78, 5) is 25.7. The first-order valence-corrected chi connectivity index (χ1v) is 7.38. The summed E-state index contributed by atoms with van der Waals surface area (Å²) < 4.78 is 15.3. The molecule has 0 saturated carbocycles. The van der Waals surface area contributed by atoms with E-state index in [9.17, 15) is 19.3 Å². The van der Waals surface area contributed by atoms with Crippen LogP contribution in [0.2, 0.25) is 0 Å². The van der Waals surface area contributed by atoms with Gasteiger partial charge in [-0.1, -0.05) is 6.07 Å². The van der Waals surface area contributed by atoms with Crippen molar-refractivity contribution in [2.45, 2.75) is 6.54 Å². The number of aryl methyl sites for hydroxylation is 1. The van der Waals surface area contributed by atoms with Gasteiger partial charge >= 0.3 is 5.69 Å². The average molecular weight is 333 g/mol. The van der Waals surface area contributed by atoms with E-state index in [0.29, 0.717) is 25.2 Å². The van der Waals surface area contributed by atoms with E-state index in [0.717, 1.165) is 17.8 Å². The van der Waals surface area contributed by atoms with Crippen molar-refractivity contribution in [2.75, 3.05) is 24.5 Å². The summed E-state index contributed by atoms with van der Waals surface area (Å²) in [6, 6.07) is 3.81. The lowest BCUT2D eigenvalue weighted by Crippen LogP contribution is -2.50. The molecule has 24 heavy (non-hydrogen) atoms. The number of aromatic nitrogens is 2. The summed E-state index contributed by atoms with van der Waals surface area (Å²) in [6.07, 6.45) is 3.42. The predicted molar refractivity (Wildman–Crippen MR) is 83.9 cm³/mol. The van der Waals surface area contributed by atoms with Gasteiger partial charge < -0.3 is 4.90 Å². The van der Waals surface area contributed by atoms with E-state index < -0.39 is 16.4 Å². The Balaban J connectivity index is 1.65. The van der Waals surface area contributed by atoms with Crippen molar-refractivity contribution in [3.8, 4) is 0 Å². The number of nitrogens with zero attached hydrogens (tertiary/aromatic N) is 5. The Morgan fingerprint density at radius 3 is 2.75 bits per heavy atom. The second-order valence-electron chi connectivity index (χ2n) is 5.67. The number of piperazine rings is 1. The SMILES string of the molecule is Cn1cc(N2CCN(Cc3ccc([N+](=O)[O-])c(F)c3)CC2=O)cn1. The van der Waals surface area contributed by atoms with E-state index in [-0.39, 0.29) is 12.5 Å². The molecular weight excluding hydrogens is 317 g/mol. The Kier molecular flexibility index (Phi) is 4.26. The normalized spacial score (nSPS) is 15.8. The van der Waals surface area contributed by atoms with Crippen molar-refractivity contribution in [1.29, 1.82) is 0 Å². The minimum atomic E-state index is -0.863. The first-order chi connectivity index (χ1) is 11.4. The van der Waals surface area contributed by atoms with Crippen LogP contribution in [0.15, 0.2) is 30.6 Å². The highest BCUT2D eigenvalue weighted by atomic mass is 19.1. The monoisotopic (exact) mass is 333 g/mol. The number of amides is 1. The number of nitro benzene ring substituents is 1. The average Bonchev–Trinajstić information content (AvgIpc) is 2.93. The molecule has 1 aromatic heterocycles. The van der Waals surface area contributed by atoms with Crippen molar-refractivity contribution in [1.82, 2.24) is 14.7 Å². The molecule has 0 bridgehead atoms. The van der Waals surface area contributed by atoms with E-state index in [1.165, 1.54) is 6.07 Å². The quantitative estimate of drug-likeness (QED) is 0.622. The lowest BCUT2D eigenvalue weighted by Gasteiger charge is -2.33. The van der Waals surface area contributed by atoms with Gasteiger partial charge in [0.05, 0.1) is 23.4 Å². The summed E-state index contributed by atoms with van der Waals surface area (Å²) >= 11 is 0. The zero-order valence-corrected chi connectivity index (χ0v) is 13.1. The minimum absolute atomic E-state index is 0.0587. The van der Waals surface area contributed by atoms with Crippen molar-refractivity contribution < 1.29 is 14.1 Å². The number of nitro groups is 1. The zero-order valence-electron chi connectivity index (χ0n) is 13.1. The van der Waals surface area contributed by atoms with Crippen molar-refractivity contribution in [2.24, 2.45) is 7.05 Å². The third-order valence-electron chi connectivity index (χ3n) is 3.92. The van der Waals surface area contributed by atoms with Crippen LogP contribution in [0.3, 0.4) is 0 Å². The Morgan fingerprint density at radius 2 is 2.17 bits per heavy atom. The van der Waals surface area contributed by atoms with Gasteiger partial charge in [0.2, 0.25) is 11.7 Å². The van der Waals surface area contributed by atoms with Gasteiger partial charge in [-0.25, -0.2) is 0 Å². The molecule has 2 aromatic rings. The van der Waals surface area contributed by atoms with Crippen LogP contribution in [-0.4, -0.2) is 45.1 Å². The number of carbonyl (C=O) groups is 1. The van der Waals surface area contributed by atoms with Gasteiger partial charge in [-0.2, -0.15) is 9.49 Å². The molecule has 0 radical (unpaired) electrons. The van der Waals surface area contributed by atoms with Gasteiger partial charge in [0, 0.05) is 38.9 Å². The number of rotatable bonds is 4. The molecule has 0 spiro atoms. The standard InChI is InChI=1S/C15H16FN5O3/c1-18-9-12(7-17-18)20-5-4-19(10-15(20)22)8-11-2-3-14(21(23)24)13(16)6-11/h2-3,6-7,9H,4-5,8,10H2,1H3. The fourth-order valence-corrected chi connectivity index (χ4v) is 2.73. The molecule has 1 amide bonds. The number of anilines is 1. The summed E-state index contributed by atoms with van der Waals surface area (Å²) in [7, 11) is 1.79. The van der Waals surface area contributed by atoms with E-state index in [1.54, 1.807) is 29.0 Å².